The lowest BCUT2D eigenvalue weighted by Crippen LogP contribution is -2.42. The molecule has 0 saturated carbocycles. The Balaban J connectivity index is 2.07. The number of aliphatic hydroxyl groups excluding tert-OH is 1. The number of benzene rings is 1. The first-order chi connectivity index (χ1) is 9.08. The van der Waals surface area contributed by atoms with E-state index in [2.05, 4.69) is 19.2 Å². The highest BCUT2D eigenvalue weighted by atomic mass is 16.7. The minimum atomic E-state index is -0.141. The molecule has 1 aromatic carbocycles. The highest BCUT2D eigenvalue weighted by Gasteiger charge is 2.22. The summed E-state index contributed by atoms with van der Waals surface area (Å²) < 4.78 is 10.5. The summed E-state index contributed by atoms with van der Waals surface area (Å²) in [4.78, 5) is 0. The predicted octanol–water partition coefficient (Wildman–Crippen LogP) is 1.76. The molecule has 5 heteroatoms. The van der Waals surface area contributed by atoms with Crippen LogP contribution in [0.5, 0.6) is 17.2 Å². The Morgan fingerprint density at radius 1 is 1.32 bits per heavy atom. The molecule has 2 rings (SSSR count). The molecular formula is C14H21NO4. The lowest BCUT2D eigenvalue weighted by Gasteiger charge is -2.29. The third-order valence-corrected chi connectivity index (χ3v) is 3.72. The van der Waals surface area contributed by atoms with Crippen molar-refractivity contribution in [1.82, 2.24) is 5.32 Å². The van der Waals surface area contributed by atoms with Crippen LogP contribution in [0.4, 0.5) is 0 Å². The van der Waals surface area contributed by atoms with Crippen LogP contribution in [0.25, 0.3) is 0 Å². The van der Waals surface area contributed by atoms with Gasteiger partial charge >= 0.3 is 0 Å². The van der Waals surface area contributed by atoms with Crippen LogP contribution in [0.3, 0.4) is 0 Å². The molecule has 1 unspecified atom stereocenters. The van der Waals surface area contributed by atoms with E-state index >= 15 is 0 Å². The first kappa shape index (κ1) is 14.0. The average molecular weight is 267 g/mol. The quantitative estimate of drug-likeness (QED) is 0.732. The summed E-state index contributed by atoms with van der Waals surface area (Å²) in [5, 5.41) is 22.4. The SMILES string of the molecule is CCC(C)(CCO)NCc1cc2c(cc1O)OCO2. The molecule has 1 atom stereocenters. The van der Waals surface area contributed by atoms with E-state index < -0.39 is 0 Å². The second kappa shape index (κ2) is 5.67. The number of phenols is 1. The molecule has 0 aromatic heterocycles. The summed E-state index contributed by atoms with van der Waals surface area (Å²) in [7, 11) is 0. The number of phenolic OH excluding ortho intramolecular Hbond substituents is 1. The molecule has 19 heavy (non-hydrogen) atoms. The molecule has 0 aliphatic carbocycles. The van der Waals surface area contributed by atoms with Gasteiger partial charge in [-0.25, -0.2) is 0 Å². The van der Waals surface area contributed by atoms with Gasteiger partial charge in [-0.05, 0) is 25.8 Å². The Morgan fingerprint density at radius 3 is 2.63 bits per heavy atom. The Kier molecular flexibility index (Phi) is 4.17. The molecule has 106 valence electrons. The summed E-state index contributed by atoms with van der Waals surface area (Å²) in [5.74, 6) is 1.43. The number of hydrogen-bond donors (Lipinski definition) is 3. The molecule has 1 aromatic rings. The molecule has 0 amide bonds. The second-order valence-electron chi connectivity index (χ2n) is 5.08. The normalized spacial score (nSPS) is 16.4. The molecule has 1 aliphatic heterocycles. The number of hydrogen-bond acceptors (Lipinski definition) is 5. The minimum absolute atomic E-state index is 0.141. The highest BCUT2D eigenvalue weighted by molar-refractivity contribution is 5.51. The van der Waals surface area contributed by atoms with Crippen molar-refractivity contribution >= 4 is 0 Å². The summed E-state index contributed by atoms with van der Waals surface area (Å²) in [6, 6.07) is 3.37. The standard InChI is InChI=1S/C14H21NO4/c1-3-14(2,4-5-16)15-8-10-6-12-13(7-11(10)17)19-9-18-12/h6-7,15-17H,3-5,8-9H2,1-2H3. The van der Waals surface area contributed by atoms with Crippen molar-refractivity contribution in [3.8, 4) is 17.2 Å². The van der Waals surface area contributed by atoms with Crippen molar-refractivity contribution < 1.29 is 19.7 Å². The van der Waals surface area contributed by atoms with E-state index in [1.54, 1.807) is 12.1 Å². The van der Waals surface area contributed by atoms with E-state index in [1.807, 2.05) is 0 Å². The van der Waals surface area contributed by atoms with Gasteiger partial charge in [-0.2, -0.15) is 0 Å². The number of aromatic hydroxyl groups is 1. The number of rotatable bonds is 6. The number of nitrogens with one attached hydrogen (secondary N) is 1. The maximum atomic E-state index is 9.95. The van der Waals surface area contributed by atoms with Crippen LogP contribution < -0.4 is 14.8 Å². The molecular weight excluding hydrogens is 246 g/mol. The van der Waals surface area contributed by atoms with E-state index in [4.69, 9.17) is 14.6 Å². The summed E-state index contributed by atoms with van der Waals surface area (Å²) in [5.41, 5.74) is 0.624. The minimum Gasteiger partial charge on any atom is -0.507 e. The fourth-order valence-corrected chi connectivity index (χ4v) is 2.06. The van der Waals surface area contributed by atoms with Gasteiger partial charge in [0.15, 0.2) is 11.5 Å². The second-order valence-corrected chi connectivity index (χ2v) is 5.08. The Hall–Kier alpha value is -1.46. The smallest absolute Gasteiger partial charge is 0.231 e. The van der Waals surface area contributed by atoms with Gasteiger partial charge in [0.25, 0.3) is 0 Å². The van der Waals surface area contributed by atoms with E-state index in [0.29, 0.717) is 24.5 Å². The van der Waals surface area contributed by atoms with E-state index in [1.165, 1.54) is 0 Å². The number of aliphatic hydroxyl groups is 1. The molecule has 0 radical (unpaired) electrons. The van der Waals surface area contributed by atoms with Crippen LogP contribution in [0, 0.1) is 0 Å². The van der Waals surface area contributed by atoms with Crippen LogP contribution >= 0.6 is 0 Å². The van der Waals surface area contributed by atoms with Crippen molar-refractivity contribution in [2.45, 2.75) is 38.8 Å². The first-order valence-electron chi connectivity index (χ1n) is 6.55. The fourth-order valence-electron chi connectivity index (χ4n) is 2.06. The number of ether oxygens (including phenoxy) is 2. The fraction of sp³-hybridized carbons (Fsp3) is 0.571. The lowest BCUT2D eigenvalue weighted by atomic mass is 9.94. The van der Waals surface area contributed by atoms with E-state index in [9.17, 15) is 5.11 Å². The van der Waals surface area contributed by atoms with E-state index in [-0.39, 0.29) is 24.7 Å². The molecule has 5 nitrogen and oxygen atoms in total. The van der Waals surface area contributed by atoms with E-state index in [0.717, 1.165) is 12.0 Å². The molecule has 0 saturated heterocycles. The van der Waals surface area contributed by atoms with Gasteiger partial charge in [0.1, 0.15) is 5.75 Å². The zero-order chi connectivity index (χ0) is 13.9. The Morgan fingerprint density at radius 2 is 2.00 bits per heavy atom. The average Bonchev–Trinajstić information content (AvgIpc) is 2.83. The third kappa shape index (κ3) is 3.11. The van der Waals surface area contributed by atoms with Gasteiger partial charge in [0, 0.05) is 30.3 Å². The predicted molar refractivity (Wildman–Crippen MR) is 71.5 cm³/mol. The van der Waals surface area contributed by atoms with Gasteiger partial charge in [0.2, 0.25) is 6.79 Å². The molecule has 1 heterocycles. The lowest BCUT2D eigenvalue weighted by molar-refractivity contribution is 0.174. The summed E-state index contributed by atoms with van der Waals surface area (Å²) >= 11 is 0. The highest BCUT2D eigenvalue weighted by Crippen LogP contribution is 2.37. The van der Waals surface area contributed by atoms with Crippen LogP contribution in [-0.2, 0) is 6.54 Å². The Bertz CT molecular complexity index is 449. The van der Waals surface area contributed by atoms with Crippen LogP contribution in [-0.4, -0.2) is 29.2 Å². The van der Waals surface area contributed by atoms with Crippen molar-refractivity contribution in [3.63, 3.8) is 0 Å². The van der Waals surface area contributed by atoms with Gasteiger partial charge in [-0.15, -0.1) is 0 Å². The maximum Gasteiger partial charge on any atom is 0.231 e. The van der Waals surface area contributed by atoms with Crippen LogP contribution in [0.15, 0.2) is 12.1 Å². The molecule has 3 N–H and O–H groups in total. The molecule has 0 spiro atoms. The van der Waals surface area contributed by atoms with Gasteiger partial charge in [-0.1, -0.05) is 6.92 Å². The van der Waals surface area contributed by atoms with Gasteiger partial charge in [-0.3, -0.25) is 0 Å². The first-order valence-corrected chi connectivity index (χ1v) is 6.55. The summed E-state index contributed by atoms with van der Waals surface area (Å²) in [6.07, 6.45) is 1.58. The van der Waals surface area contributed by atoms with Crippen molar-refractivity contribution in [2.24, 2.45) is 0 Å². The van der Waals surface area contributed by atoms with Gasteiger partial charge in [0.05, 0.1) is 0 Å². The van der Waals surface area contributed by atoms with Crippen molar-refractivity contribution in [2.75, 3.05) is 13.4 Å². The van der Waals surface area contributed by atoms with Crippen molar-refractivity contribution in [1.29, 1.82) is 0 Å². The zero-order valence-corrected chi connectivity index (χ0v) is 11.4. The largest absolute Gasteiger partial charge is 0.507 e. The number of fused-ring (bicyclic) bond motifs is 1. The maximum absolute atomic E-state index is 9.95. The Labute approximate surface area is 113 Å². The van der Waals surface area contributed by atoms with Crippen LogP contribution in [0.2, 0.25) is 0 Å². The van der Waals surface area contributed by atoms with Gasteiger partial charge < -0.3 is 25.0 Å². The van der Waals surface area contributed by atoms with Crippen LogP contribution in [0.1, 0.15) is 32.3 Å². The third-order valence-electron chi connectivity index (χ3n) is 3.72. The molecule has 1 aliphatic rings. The topological polar surface area (TPSA) is 71.0 Å². The monoisotopic (exact) mass is 267 g/mol. The summed E-state index contributed by atoms with van der Waals surface area (Å²) in [6.45, 7) is 5.00. The molecule has 0 bridgehead atoms. The molecule has 0 fully saturated rings. The zero-order valence-electron chi connectivity index (χ0n) is 11.4. The van der Waals surface area contributed by atoms with Crippen molar-refractivity contribution in [3.05, 3.63) is 17.7 Å².